The predicted octanol–water partition coefficient (Wildman–Crippen LogP) is 1.30. The topological polar surface area (TPSA) is 80.7 Å². The predicted molar refractivity (Wildman–Crippen MR) is 58.9 cm³/mol. The Balaban J connectivity index is 3.32. The van der Waals surface area contributed by atoms with Crippen molar-refractivity contribution >= 4 is 21.1 Å². The Kier molecular flexibility index (Phi) is 4.40. The maximum Gasteiger partial charge on any atom is 0.425 e. The van der Waals surface area contributed by atoms with Gasteiger partial charge in [0.15, 0.2) is 11.9 Å². The molecule has 0 aromatic carbocycles. The third-order valence-corrected chi connectivity index (χ3v) is 3.03. The molecule has 0 unspecified atom stereocenters. The number of allylic oxidation sites excluding steroid dienone is 2. The molecule has 1 N–H and O–H groups in total. The normalized spacial score (nSPS) is 17.4. The van der Waals surface area contributed by atoms with Gasteiger partial charge in [-0.2, -0.15) is 21.6 Å². The molecule has 1 aliphatic carbocycles. The first-order valence-electron chi connectivity index (χ1n) is 4.97. The van der Waals surface area contributed by atoms with Gasteiger partial charge >= 0.3 is 12.1 Å². The average Bonchev–Trinajstić information content (AvgIpc) is 2.27. The van der Waals surface area contributed by atoms with E-state index in [1.165, 1.54) is 6.08 Å². The fourth-order valence-electron chi connectivity index (χ4n) is 1.29. The molecule has 0 aromatic heterocycles. The summed E-state index contributed by atoms with van der Waals surface area (Å²) in [6, 6.07) is 0. The van der Waals surface area contributed by atoms with Crippen LogP contribution in [0.25, 0.3) is 0 Å². The second-order valence-corrected chi connectivity index (χ2v) is 4.58. The van der Waals surface area contributed by atoms with Crippen molar-refractivity contribution in [1.82, 2.24) is 0 Å². The highest BCUT2D eigenvalue weighted by atomic mass is 32.2. The number of ether oxygens (including phenoxy) is 1. The number of aliphatic carboxylic acids is 1. The van der Waals surface area contributed by atoms with E-state index in [1.54, 1.807) is 0 Å². The minimum atomic E-state index is -4.73. The lowest BCUT2D eigenvalue weighted by Gasteiger charge is -2.22. The van der Waals surface area contributed by atoms with Crippen molar-refractivity contribution in [3.8, 4) is 0 Å². The molecule has 0 radical (unpaired) electrons. The van der Waals surface area contributed by atoms with E-state index < -0.39 is 44.7 Å². The van der Waals surface area contributed by atoms with E-state index in [2.05, 4.69) is 4.74 Å². The molecule has 0 amide bonds. The van der Waals surface area contributed by atoms with Gasteiger partial charge in [0.1, 0.15) is 10.4 Å². The smallest absolute Gasteiger partial charge is 0.425 e. The number of halogens is 3. The van der Waals surface area contributed by atoms with Crippen LogP contribution in [-0.4, -0.2) is 36.6 Å². The molecule has 0 fully saturated rings. The van der Waals surface area contributed by atoms with Crippen LogP contribution in [0.4, 0.5) is 13.2 Å². The minimum Gasteiger partial charge on any atom is -0.479 e. The molecule has 0 aliphatic heterocycles. The van der Waals surface area contributed by atoms with Crippen LogP contribution in [0.15, 0.2) is 23.5 Å². The lowest BCUT2D eigenvalue weighted by molar-refractivity contribution is -0.201. The molecule has 1 atom stereocenters. The van der Waals surface area contributed by atoms with Gasteiger partial charge < -0.3 is 9.84 Å². The maximum absolute atomic E-state index is 12.4. The summed E-state index contributed by atoms with van der Waals surface area (Å²) in [5.41, 5.74) is -0.624. The van der Waals surface area contributed by atoms with E-state index in [-0.39, 0.29) is 6.42 Å². The quantitative estimate of drug-likeness (QED) is 0.794. The van der Waals surface area contributed by atoms with E-state index in [0.29, 0.717) is 6.92 Å². The molecule has 0 heterocycles. The summed E-state index contributed by atoms with van der Waals surface area (Å²) in [6.07, 6.45) is -5.03. The number of hydrogen-bond donors (Lipinski definition) is 1. The molecular weight excluding hydrogens is 289 g/mol. The van der Waals surface area contributed by atoms with Crippen molar-refractivity contribution in [2.45, 2.75) is 25.6 Å². The third kappa shape index (κ3) is 3.60. The molecule has 0 aromatic rings. The van der Waals surface area contributed by atoms with Crippen LogP contribution in [0, 0.1) is 0 Å². The highest BCUT2D eigenvalue weighted by Crippen LogP contribution is 2.27. The fraction of sp³-hybridized carbons (Fsp3) is 0.400. The Labute approximate surface area is 107 Å². The number of hydrogen-bond acceptors (Lipinski definition) is 4. The van der Waals surface area contributed by atoms with Crippen LogP contribution >= 0.6 is 0 Å². The van der Waals surface area contributed by atoms with Crippen LogP contribution in [0.3, 0.4) is 0 Å². The number of alkyl halides is 3. The standard InChI is InChI=1S/C10H9F3O5S/c1-5(10(11,12)13)18-8-6(9(14)15)3-2-4-7(8)19(16)17/h2-3,5H,4H2,1H3,(H,14,15)/t5-/m1/s1. The molecule has 0 saturated carbocycles. The van der Waals surface area contributed by atoms with Crippen molar-refractivity contribution in [1.29, 1.82) is 0 Å². The number of carboxylic acids is 1. The Morgan fingerprint density at radius 3 is 2.47 bits per heavy atom. The van der Waals surface area contributed by atoms with Crippen molar-refractivity contribution in [3.05, 3.63) is 23.5 Å². The van der Waals surface area contributed by atoms with E-state index in [4.69, 9.17) is 5.11 Å². The summed E-state index contributed by atoms with van der Waals surface area (Å²) >= 11 is 0. The molecule has 9 heteroatoms. The van der Waals surface area contributed by atoms with Gasteiger partial charge in [0, 0.05) is 6.42 Å². The summed E-state index contributed by atoms with van der Waals surface area (Å²) in [7, 11) is -2.86. The largest absolute Gasteiger partial charge is 0.479 e. The van der Waals surface area contributed by atoms with Gasteiger partial charge in [-0.15, -0.1) is 0 Å². The Hall–Kier alpha value is -1.77. The molecule has 1 rings (SSSR count). The van der Waals surface area contributed by atoms with Crippen molar-refractivity contribution in [2.24, 2.45) is 0 Å². The van der Waals surface area contributed by atoms with Gasteiger partial charge in [0.2, 0.25) is 10.3 Å². The van der Waals surface area contributed by atoms with Gasteiger partial charge in [-0.05, 0) is 13.0 Å². The molecule has 1 aliphatic rings. The Morgan fingerprint density at radius 1 is 1.47 bits per heavy atom. The first kappa shape index (κ1) is 15.3. The van der Waals surface area contributed by atoms with Gasteiger partial charge in [-0.3, -0.25) is 0 Å². The zero-order valence-corrected chi connectivity index (χ0v) is 10.4. The summed E-state index contributed by atoms with van der Waals surface area (Å²) in [5, 5.41) is 8.84. The van der Waals surface area contributed by atoms with Gasteiger partial charge in [-0.25, -0.2) is 4.79 Å². The van der Waals surface area contributed by atoms with Crippen LogP contribution < -0.4 is 0 Å². The number of carboxylic acid groups (broad SMARTS) is 1. The number of carbonyl (C=O) groups is 1. The Bertz CT molecular complexity index is 575. The maximum atomic E-state index is 12.4. The van der Waals surface area contributed by atoms with Crippen LogP contribution in [0.1, 0.15) is 13.3 Å². The van der Waals surface area contributed by atoms with E-state index in [9.17, 15) is 26.4 Å². The summed E-state index contributed by atoms with van der Waals surface area (Å²) in [5.74, 6) is -2.34. The van der Waals surface area contributed by atoms with Crippen molar-refractivity contribution < 1.29 is 36.2 Å². The summed E-state index contributed by atoms with van der Waals surface area (Å²) in [6.45, 7) is 0.663. The molecule has 0 bridgehead atoms. The lowest BCUT2D eigenvalue weighted by Crippen LogP contribution is -2.31. The highest BCUT2D eigenvalue weighted by molar-refractivity contribution is 7.73. The van der Waals surface area contributed by atoms with E-state index >= 15 is 0 Å². The van der Waals surface area contributed by atoms with E-state index in [0.717, 1.165) is 6.08 Å². The molecule has 19 heavy (non-hydrogen) atoms. The number of rotatable bonds is 3. The van der Waals surface area contributed by atoms with Crippen LogP contribution in [0.5, 0.6) is 0 Å². The zero-order valence-electron chi connectivity index (χ0n) is 9.56. The van der Waals surface area contributed by atoms with Crippen LogP contribution in [0.2, 0.25) is 0 Å². The summed E-state index contributed by atoms with van der Waals surface area (Å²) < 4.78 is 63.5. The van der Waals surface area contributed by atoms with Crippen molar-refractivity contribution in [2.75, 3.05) is 0 Å². The lowest BCUT2D eigenvalue weighted by atomic mass is 10.0. The zero-order chi connectivity index (χ0) is 14.8. The van der Waals surface area contributed by atoms with Crippen LogP contribution in [-0.2, 0) is 19.8 Å². The molecule has 0 saturated heterocycles. The molecular formula is C10H9F3O5S. The highest BCUT2D eigenvalue weighted by Gasteiger charge is 2.40. The summed E-state index contributed by atoms with van der Waals surface area (Å²) in [4.78, 5) is 10.4. The average molecular weight is 298 g/mol. The Morgan fingerprint density at radius 2 is 2.05 bits per heavy atom. The molecule has 5 nitrogen and oxygen atoms in total. The second kappa shape index (κ2) is 5.47. The first-order valence-corrected chi connectivity index (χ1v) is 6.05. The fourth-order valence-corrected chi connectivity index (χ4v) is 1.83. The molecule has 0 spiro atoms. The molecule has 106 valence electrons. The first-order chi connectivity index (χ1) is 8.64. The SMILES string of the molecule is C[C@@H](OC1=C(C(=O)O)C=CCC1=S(=O)=O)C(F)(F)F. The van der Waals surface area contributed by atoms with Gasteiger partial charge in [-0.1, -0.05) is 6.08 Å². The third-order valence-electron chi connectivity index (χ3n) is 2.27. The second-order valence-electron chi connectivity index (χ2n) is 3.61. The van der Waals surface area contributed by atoms with Gasteiger partial charge in [0.25, 0.3) is 0 Å². The van der Waals surface area contributed by atoms with Crippen molar-refractivity contribution in [3.63, 3.8) is 0 Å². The van der Waals surface area contributed by atoms with E-state index in [1.807, 2.05) is 0 Å². The monoisotopic (exact) mass is 298 g/mol. The van der Waals surface area contributed by atoms with Gasteiger partial charge in [0.05, 0.1) is 0 Å². The minimum absolute atomic E-state index is 0.215.